The summed E-state index contributed by atoms with van der Waals surface area (Å²) in [5.41, 5.74) is 3.14. The summed E-state index contributed by atoms with van der Waals surface area (Å²) in [6.07, 6.45) is 3.54. The zero-order valence-corrected chi connectivity index (χ0v) is 14.8. The first kappa shape index (κ1) is 17.7. The van der Waals surface area contributed by atoms with Crippen LogP contribution in [0.15, 0.2) is 61.2 Å². The van der Waals surface area contributed by atoms with Crippen molar-refractivity contribution >= 4 is 5.91 Å². The van der Waals surface area contributed by atoms with Gasteiger partial charge in [-0.05, 0) is 35.7 Å². The molecule has 3 rings (SSSR count). The third-order valence-corrected chi connectivity index (χ3v) is 3.99. The Morgan fingerprint density at radius 1 is 1.12 bits per heavy atom. The lowest BCUT2D eigenvalue weighted by Gasteiger charge is -2.11. The van der Waals surface area contributed by atoms with Gasteiger partial charge in [0.05, 0.1) is 19.6 Å². The van der Waals surface area contributed by atoms with Crippen LogP contribution in [0.4, 0.5) is 0 Å². The molecule has 0 spiro atoms. The van der Waals surface area contributed by atoms with Crippen molar-refractivity contribution in [3.05, 3.63) is 77.9 Å². The van der Waals surface area contributed by atoms with Crippen LogP contribution in [0, 0.1) is 0 Å². The monoisotopic (exact) mass is 350 g/mol. The predicted octanol–water partition coefficient (Wildman–Crippen LogP) is 2.58. The lowest BCUT2D eigenvalue weighted by Crippen LogP contribution is -2.25. The van der Waals surface area contributed by atoms with Crippen LogP contribution in [0.3, 0.4) is 0 Å². The fraction of sp³-hybridized carbons (Fsp3) is 0.250. The van der Waals surface area contributed by atoms with Gasteiger partial charge in [-0.15, -0.1) is 0 Å². The topological polar surface area (TPSA) is 69.0 Å². The summed E-state index contributed by atoms with van der Waals surface area (Å²) in [5.74, 6) is 0.809. The van der Waals surface area contributed by atoms with Crippen LogP contribution in [0.25, 0.3) is 0 Å². The number of carbonyl (C=O) groups is 1. The Morgan fingerprint density at radius 3 is 2.58 bits per heavy atom. The molecule has 26 heavy (non-hydrogen) atoms. The number of benzene rings is 2. The maximum atomic E-state index is 12.3. The number of nitrogens with zero attached hydrogens (tertiary/aromatic N) is 3. The van der Waals surface area contributed by atoms with Gasteiger partial charge in [-0.3, -0.25) is 4.79 Å². The predicted molar refractivity (Wildman–Crippen MR) is 98.7 cm³/mol. The van der Waals surface area contributed by atoms with Crippen LogP contribution in [0.1, 0.15) is 23.6 Å². The molecule has 0 unspecified atom stereocenters. The zero-order chi connectivity index (χ0) is 18.2. The van der Waals surface area contributed by atoms with E-state index in [0.29, 0.717) is 26.1 Å². The standard InChI is InChI=1S/C20H22N4O2/c1-2-26-19-9-7-16(8-10-19)11-20(25)22-12-17-5-3-4-6-18(17)13-24-15-21-14-23-24/h3-10,14-15H,2,11-13H2,1H3,(H,22,25). The Bertz CT molecular complexity index is 829. The number of hydrogen-bond acceptors (Lipinski definition) is 4. The van der Waals surface area contributed by atoms with Gasteiger partial charge in [0.25, 0.3) is 0 Å². The van der Waals surface area contributed by atoms with Crippen molar-refractivity contribution in [3.63, 3.8) is 0 Å². The van der Waals surface area contributed by atoms with Crippen LogP contribution in [0.2, 0.25) is 0 Å². The van der Waals surface area contributed by atoms with E-state index < -0.39 is 0 Å². The Balaban J connectivity index is 1.56. The number of rotatable bonds is 8. The third kappa shape index (κ3) is 4.92. The number of aromatic nitrogens is 3. The fourth-order valence-electron chi connectivity index (χ4n) is 2.69. The first-order valence-electron chi connectivity index (χ1n) is 8.62. The molecular formula is C20H22N4O2. The minimum atomic E-state index is -0.00952. The van der Waals surface area contributed by atoms with E-state index in [1.54, 1.807) is 11.0 Å². The number of carbonyl (C=O) groups excluding carboxylic acids is 1. The summed E-state index contributed by atoms with van der Waals surface area (Å²) in [6.45, 7) is 3.70. The highest BCUT2D eigenvalue weighted by atomic mass is 16.5. The van der Waals surface area contributed by atoms with Crippen molar-refractivity contribution in [2.45, 2.75) is 26.4 Å². The summed E-state index contributed by atoms with van der Waals surface area (Å²) in [7, 11) is 0. The van der Waals surface area contributed by atoms with E-state index in [1.165, 1.54) is 6.33 Å². The van der Waals surface area contributed by atoms with Gasteiger partial charge in [0.15, 0.2) is 0 Å². The fourth-order valence-corrected chi connectivity index (χ4v) is 2.69. The first-order chi connectivity index (χ1) is 12.7. The Kier molecular flexibility index (Phi) is 5.98. The maximum absolute atomic E-state index is 12.3. The van der Waals surface area contributed by atoms with E-state index in [9.17, 15) is 4.79 Å². The smallest absolute Gasteiger partial charge is 0.224 e. The van der Waals surface area contributed by atoms with Gasteiger partial charge >= 0.3 is 0 Å². The van der Waals surface area contributed by atoms with Crippen molar-refractivity contribution < 1.29 is 9.53 Å². The number of amides is 1. The summed E-state index contributed by atoms with van der Waals surface area (Å²) < 4.78 is 7.18. The molecular weight excluding hydrogens is 328 g/mol. The Morgan fingerprint density at radius 2 is 1.88 bits per heavy atom. The first-order valence-corrected chi connectivity index (χ1v) is 8.62. The molecule has 6 nitrogen and oxygen atoms in total. The third-order valence-electron chi connectivity index (χ3n) is 3.99. The van der Waals surface area contributed by atoms with Gasteiger partial charge in [0.1, 0.15) is 18.4 Å². The summed E-state index contributed by atoms with van der Waals surface area (Å²) in [4.78, 5) is 16.2. The average molecular weight is 350 g/mol. The van der Waals surface area contributed by atoms with Crippen LogP contribution >= 0.6 is 0 Å². The second-order valence-corrected chi connectivity index (χ2v) is 5.89. The van der Waals surface area contributed by atoms with E-state index in [1.807, 2.05) is 55.5 Å². The zero-order valence-electron chi connectivity index (χ0n) is 14.8. The molecule has 0 aliphatic rings. The SMILES string of the molecule is CCOc1ccc(CC(=O)NCc2ccccc2Cn2cncn2)cc1. The summed E-state index contributed by atoms with van der Waals surface area (Å²) in [6, 6.07) is 15.6. The van der Waals surface area contributed by atoms with Crippen LogP contribution in [0.5, 0.6) is 5.75 Å². The molecule has 0 aliphatic carbocycles. The van der Waals surface area contributed by atoms with E-state index in [-0.39, 0.29) is 5.91 Å². The molecule has 0 bridgehead atoms. The van der Waals surface area contributed by atoms with Gasteiger partial charge in [0, 0.05) is 6.54 Å². The Labute approximate surface area is 152 Å². The van der Waals surface area contributed by atoms with Gasteiger partial charge in [-0.25, -0.2) is 9.67 Å². The van der Waals surface area contributed by atoms with E-state index in [4.69, 9.17) is 4.74 Å². The second kappa shape index (κ2) is 8.80. The van der Waals surface area contributed by atoms with E-state index >= 15 is 0 Å². The number of ether oxygens (including phenoxy) is 1. The van der Waals surface area contributed by atoms with Crippen molar-refractivity contribution in [3.8, 4) is 5.75 Å². The number of hydrogen-bond donors (Lipinski definition) is 1. The van der Waals surface area contributed by atoms with Crippen LogP contribution < -0.4 is 10.1 Å². The highest BCUT2D eigenvalue weighted by molar-refractivity contribution is 5.78. The second-order valence-electron chi connectivity index (χ2n) is 5.89. The van der Waals surface area contributed by atoms with Crippen LogP contribution in [-0.4, -0.2) is 27.3 Å². The molecule has 3 aromatic rings. The minimum Gasteiger partial charge on any atom is -0.494 e. The Hall–Kier alpha value is -3.15. The molecule has 1 aromatic heterocycles. The lowest BCUT2D eigenvalue weighted by molar-refractivity contribution is -0.120. The molecule has 2 aromatic carbocycles. The average Bonchev–Trinajstić information content (AvgIpc) is 3.16. The molecule has 0 aliphatic heterocycles. The lowest BCUT2D eigenvalue weighted by atomic mass is 10.1. The molecule has 1 N–H and O–H groups in total. The molecule has 0 saturated carbocycles. The van der Waals surface area contributed by atoms with E-state index in [2.05, 4.69) is 15.4 Å². The maximum Gasteiger partial charge on any atom is 0.224 e. The van der Waals surface area contributed by atoms with Gasteiger partial charge in [-0.1, -0.05) is 36.4 Å². The van der Waals surface area contributed by atoms with Crippen molar-refractivity contribution in [2.75, 3.05) is 6.61 Å². The molecule has 0 fully saturated rings. The molecule has 0 saturated heterocycles. The quantitative estimate of drug-likeness (QED) is 0.678. The molecule has 1 heterocycles. The highest BCUT2D eigenvalue weighted by Crippen LogP contribution is 2.13. The highest BCUT2D eigenvalue weighted by Gasteiger charge is 2.07. The largest absolute Gasteiger partial charge is 0.494 e. The molecule has 0 atom stereocenters. The van der Waals surface area contributed by atoms with Crippen molar-refractivity contribution in [1.82, 2.24) is 20.1 Å². The minimum absolute atomic E-state index is 0.00952. The molecule has 134 valence electrons. The van der Waals surface area contributed by atoms with Gasteiger partial charge in [-0.2, -0.15) is 5.10 Å². The number of nitrogens with one attached hydrogen (secondary N) is 1. The van der Waals surface area contributed by atoms with Crippen LogP contribution in [-0.2, 0) is 24.3 Å². The molecule has 1 amide bonds. The van der Waals surface area contributed by atoms with Crippen molar-refractivity contribution in [2.24, 2.45) is 0 Å². The van der Waals surface area contributed by atoms with Gasteiger partial charge in [0.2, 0.25) is 5.91 Å². The van der Waals surface area contributed by atoms with E-state index in [0.717, 1.165) is 22.4 Å². The van der Waals surface area contributed by atoms with Gasteiger partial charge < -0.3 is 10.1 Å². The summed E-state index contributed by atoms with van der Waals surface area (Å²) >= 11 is 0. The molecule has 0 radical (unpaired) electrons. The van der Waals surface area contributed by atoms with Crippen molar-refractivity contribution in [1.29, 1.82) is 0 Å². The molecule has 6 heteroatoms. The normalized spacial score (nSPS) is 10.5. The summed E-state index contributed by atoms with van der Waals surface area (Å²) in [5, 5.41) is 7.12.